The quantitative estimate of drug-likeness (QED) is 0.633. The maximum absolute atomic E-state index is 12.4. The lowest BCUT2D eigenvalue weighted by Crippen LogP contribution is -2.26. The van der Waals surface area contributed by atoms with Gasteiger partial charge in [0.2, 0.25) is 11.7 Å². The fourth-order valence-electron chi connectivity index (χ4n) is 4.30. The maximum atomic E-state index is 12.4. The minimum absolute atomic E-state index is 0.165. The molecule has 2 saturated carbocycles. The molecule has 2 bridgehead atoms. The molecule has 0 saturated heterocycles. The van der Waals surface area contributed by atoms with Gasteiger partial charge in [0.1, 0.15) is 0 Å². The molecule has 3 rings (SSSR count). The van der Waals surface area contributed by atoms with Gasteiger partial charge in [-0.25, -0.2) is 0 Å². The summed E-state index contributed by atoms with van der Waals surface area (Å²) in [6, 6.07) is 6.60. The molecule has 25 heavy (non-hydrogen) atoms. The van der Waals surface area contributed by atoms with E-state index in [0.717, 1.165) is 12.3 Å². The summed E-state index contributed by atoms with van der Waals surface area (Å²) in [4.78, 5) is 35.6. The van der Waals surface area contributed by atoms with Crippen LogP contribution in [-0.4, -0.2) is 23.8 Å². The molecule has 0 radical (unpaired) electrons. The highest BCUT2D eigenvalue weighted by atomic mass is 16.5. The van der Waals surface area contributed by atoms with E-state index >= 15 is 0 Å². The molecule has 0 aromatic heterocycles. The number of hydrogen-bond acceptors (Lipinski definition) is 4. The van der Waals surface area contributed by atoms with Crippen LogP contribution in [0.3, 0.4) is 0 Å². The zero-order chi connectivity index (χ0) is 18.0. The van der Waals surface area contributed by atoms with Gasteiger partial charge >= 0.3 is 5.97 Å². The number of esters is 1. The van der Waals surface area contributed by atoms with Crippen LogP contribution in [0.5, 0.6) is 0 Å². The number of rotatable bonds is 6. The van der Waals surface area contributed by atoms with Crippen molar-refractivity contribution in [3.63, 3.8) is 0 Å². The van der Waals surface area contributed by atoms with E-state index in [1.807, 2.05) is 0 Å². The number of carbonyl (C=O) groups excluding carboxylic acids is 3. The molecule has 2 aliphatic carbocycles. The minimum Gasteiger partial charge on any atom is -0.454 e. The van der Waals surface area contributed by atoms with Crippen molar-refractivity contribution in [3.8, 4) is 0 Å². The highest BCUT2D eigenvalue weighted by Crippen LogP contribution is 2.49. The Kier molecular flexibility index (Phi) is 5.21. The topological polar surface area (TPSA) is 72.5 Å². The van der Waals surface area contributed by atoms with Gasteiger partial charge in [0.05, 0.1) is 0 Å². The molecular weight excluding hydrogens is 318 g/mol. The molecule has 0 unspecified atom stereocenters. The normalized spacial score (nSPS) is 25.4. The van der Waals surface area contributed by atoms with E-state index in [4.69, 9.17) is 4.74 Å². The van der Waals surface area contributed by atoms with E-state index in [0.29, 0.717) is 29.5 Å². The van der Waals surface area contributed by atoms with Crippen LogP contribution in [0.2, 0.25) is 0 Å². The molecule has 0 aliphatic heterocycles. The number of hydrogen-bond donors (Lipinski definition) is 1. The predicted molar refractivity (Wildman–Crippen MR) is 94.2 cm³/mol. The van der Waals surface area contributed by atoms with Gasteiger partial charge in [0, 0.05) is 24.6 Å². The Hall–Kier alpha value is -2.17. The first kappa shape index (κ1) is 17.6. The second-order valence-corrected chi connectivity index (χ2v) is 7.39. The number of Topliss-reactive ketones (excluding diaryl/α,β-unsaturated/α-hetero) is 1. The molecular formula is C20H25NO4. The van der Waals surface area contributed by atoms with E-state index < -0.39 is 6.10 Å². The second kappa shape index (κ2) is 7.38. The van der Waals surface area contributed by atoms with Gasteiger partial charge in [-0.15, -0.1) is 0 Å². The van der Waals surface area contributed by atoms with E-state index in [9.17, 15) is 14.4 Å². The number of anilines is 1. The van der Waals surface area contributed by atoms with Crippen LogP contribution in [0.4, 0.5) is 5.69 Å². The molecule has 1 amide bonds. The zero-order valence-corrected chi connectivity index (χ0v) is 14.8. The summed E-state index contributed by atoms with van der Waals surface area (Å²) in [7, 11) is 0. The summed E-state index contributed by atoms with van der Waals surface area (Å²) in [6.07, 6.45) is 4.56. The number of fused-ring (bicyclic) bond motifs is 2. The smallest absolute Gasteiger partial charge is 0.306 e. The molecule has 0 spiro atoms. The lowest BCUT2D eigenvalue weighted by atomic mass is 9.86. The third-order valence-corrected chi connectivity index (χ3v) is 5.48. The van der Waals surface area contributed by atoms with Crippen LogP contribution in [0.1, 0.15) is 56.3 Å². The van der Waals surface area contributed by atoms with Crippen molar-refractivity contribution in [3.05, 3.63) is 29.8 Å². The third-order valence-electron chi connectivity index (χ3n) is 5.48. The number of ether oxygens (including phenoxy) is 1. The van der Waals surface area contributed by atoms with Gasteiger partial charge in [-0.2, -0.15) is 0 Å². The predicted octanol–water partition coefficient (Wildman–Crippen LogP) is 3.59. The minimum atomic E-state index is -0.794. The fraction of sp³-hybridized carbons (Fsp3) is 0.550. The first-order valence-electron chi connectivity index (χ1n) is 9.03. The van der Waals surface area contributed by atoms with Gasteiger partial charge < -0.3 is 10.1 Å². The van der Waals surface area contributed by atoms with Crippen molar-refractivity contribution in [2.24, 2.45) is 17.8 Å². The van der Waals surface area contributed by atoms with Crippen molar-refractivity contribution in [2.75, 3.05) is 5.32 Å². The van der Waals surface area contributed by atoms with Gasteiger partial charge in [-0.05, 0) is 68.2 Å². The first-order valence-corrected chi connectivity index (χ1v) is 9.03. The third kappa shape index (κ3) is 4.27. The molecule has 4 atom stereocenters. The molecule has 2 fully saturated rings. The number of carbonyl (C=O) groups is 3. The molecule has 2 aliphatic rings. The highest BCUT2D eigenvalue weighted by Gasteiger charge is 2.40. The second-order valence-electron chi connectivity index (χ2n) is 7.39. The summed E-state index contributed by atoms with van der Waals surface area (Å²) in [5.41, 5.74) is 1.10. The monoisotopic (exact) mass is 343 g/mol. The fourth-order valence-corrected chi connectivity index (χ4v) is 4.30. The largest absolute Gasteiger partial charge is 0.454 e. The maximum Gasteiger partial charge on any atom is 0.306 e. The van der Waals surface area contributed by atoms with E-state index in [1.165, 1.54) is 26.2 Å². The Morgan fingerprint density at radius 2 is 1.88 bits per heavy atom. The van der Waals surface area contributed by atoms with E-state index in [-0.39, 0.29) is 17.7 Å². The van der Waals surface area contributed by atoms with Crippen molar-refractivity contribution < 1.29 is 19.1 Å². The lowest BCUT2D eigenvalue weighted by Gasteiger charge is -2.21. The number of nitrogens with one attached hydrogen (secondary N) is 1. The zero-order valence-electron chi connectivity index (χ0n) is 14.8. The van der Waals surface area contributed by atoms with Crippen LogP contribution in [0.25, 0.3) is 0 Å². The van der Waals surface area contributed by atoms with E-state index in [2.05, 4.69) is 5.32 Å². The van der Waals surface area contributed by atoms with Crippen LogP contribution >= 0.6 is 0 Å². The van der Waals surface area contributed by atoms with Crippen molar-refractivity contribution in [1.82, 2.24) is 0 Å². The molecule has 1 aromatic carbocycles. The standard InChI is InChI=1S/C20H25NO4/c1-12(20(24)15-5-7-18(8-6-15)21-13(2)22)25-19(23)11-17-10-14-3-4-16(17)9-14/h5-8,12,14,16-17H,3-4,9-11H2,1-2H3,(H,21,22)/t12-,14-,16-,17-/m0/s1. The van der Waals surface area contributed by atoms with Gasteiger partial charge in [0.15, 0.2) is 6.10 Å². The van der Waals surface area contributed by atoms with Crippen LogP contribution < -0.4 is 5.32 Å². The Balaban J connectivity index is 1.51. The van der Waals surface area contributed by atoms with Crippen LogP contribution in [0, 0.1) is 17.8 Å². The number of benzene rings is 1. The summed E-state index contributed by atoms with van der Waals surface area (Å²) in [6.45, 7) is 3.04. The summed E-state index contributed by atoms with van der Waals surface area (Å²) in [5.74, 6) is 1.24. The average Bonchev–Trinajstić information content (AvgIpc) is 3.17. The average molecular weight is 343 g/mol. The molecule has 1 N–H and O–H groups in total. The molecule has 5 heteroatoms. The Morgan fingerprint density at radius 1 is 1.16 bits per heavy atom. The van der Waals surface area contributed by atoms with Crippen molar-refractivity contribution in [2.45, 2.75) is 52.1 Å². The lowest BCUT2D eigenvalue weighted by molar-refractivity contribution is -0.147. The molecule has 134 valence electrons. The van der Waals surface area contributed by atoms with Crippen LogP contribution in [0.15, 0.2) is 24.3 Å². The first-order chi connectivity index (χ1) is 11.9. The van der Waals surface area contributed by atoms with E-state index in [1.54, 1.807) is 31.2 Å². The van der Waals surface area contributed by atoms with Crippen molar-refractivity contribution >= 4 is 23.3 Å². The Bertz CT molecular complexity index is 667. The van der Waals surface area contributed by atoms with Crippen LogP contribution in [-0.2, 0) is 14.3 Å². The van der Waals surface area contributed by atoms with Gasteiger partial charge in [-0.1, -0.05) is 6.42 Å². The highest BCUT2D eigenvalue weighted by molar-refractivity contribution is 6.00. The summed E-state index contributed by atoms with van der Waals surface area (Å²) >= 11 is 0. The Labute approximate surface area is 148 Å². The number of ketones is 1. The SMILES string of the molecule is CC(=O)Nc1ccc(C(=O)[C@H](C)OC(=O)C[C@@H]2C[C@H]3CC[C@H]2C3)cc1. The Morgan fingerprint density at radius 3 is 2.44 bits per heavy atom. The van der Waals surface area contributed by atoms with Crippen molar-refractivity contribution in [1.29, 1.82) is 0 Å². The molecule has 1 aromatic rings. The summed E-state index contributed by atoms with van der Waals surface area (Å²) in [5, 5.41) is 2.65. The summed E-state index contributed by atoms with van der Waals surface area (Å²) < 4.78 is 5.37. The number of amides is 1. The molecule has 5 nitrogen and oxygen atoms in total. The molecule has 0 heterocycles. The van der Waals surface area contributed by atoms with Gasteiger partial charge in [0.25, 0.3) is 0 Å². The van der Waals surface area contributed by atoms with Gasteiger partial charge in [-0.3, -0.25) is 14.4 Å².